The number of methoxy groups -OCH3 is 1. The van der Waals surface area contributed by atoms with Crippen LogP contribution in [0, 0.1) is 6.92 Å². The van der Waals surface area contributed by atoms with Crippen molar-refractivity contribution in [2.75, 3.05) is 18.2 Å². The molecule has 0 aliphatic carbocycles. The van der Waals surface area contributed by atoms with Crippen LogP contribution in [-0.4, -0.2) is 18.2 Å². The lowest BCUT2D eigenvalue weighted by atomic mass is 10.0. The fraction of sp³-hybridized carbons (Fsp3) is 0.300. The number of benzene rings is 1. The molecule has 1 rings (SSSR count). The number of anilines is 1. The van der Waals surface area contributed by atoms with E-state index >= 15 is 0 Å². The first-order valence-corrected chi connectivity index (χ1v) is 5.25. The lowest BCUT2D eigenvalue weighted by Crippen LogP contribution is -2.05. The monoisotopic (exact) mass is 257 g/mol. The van der Waals surface area contributed by atoms with Gasteiger partial charge < -0.3 is 10.5 Å². The molecule has 4 heteroatoms. The Morgan fingerprint density at radius 1 is 1.57 bits per heavy atom. The Labute approximate surface area is 91.4 Å². The van der Waals surface area contributed by atoms with Gasteiger partial charge in [0.25, 0.3) is 0 Å². The van der Waals surface area contributed by atoms with Crippen LogP contribution in [0.1, 0.15) is 15.9 Å². The molecular formula is C10H12BrNO2. The first-order chi connectivity index (χ1) is 6.60. The summed E-state index contributed by atoms with van der Waals surface area (Å²) < 4.78 is 5.04. The lowest BCUT2D eigenvalue weighted by Gasteiger charge is -2.09. The Morgan fingerprint density at radius 2 is 2.21 bits per heavy atom. The summed E-state index contributed by atoms with van der Waals surface area (Å²) in [6.45, 7) is 1.85. The number of hydrogen-bond acceptors (Lipinski definition) is 3. The molecule has 2 N–H and O–H groups in total. The number of carbonyl (C=O) groups excluding carboxylic acids is 1. The summed E-state index contributed by atoms with van der Waals surface area (Å²) >= 11 is 3.13. The highest BCUT2D eigenvalue weighted by Gasteiger charge is 2.11. The van der Waals surface area contributed by atoms with Gasteiger partial charge >= 0.3 is 0 Å². The maximum absolute atomic E-state index is 11.5. The molecule has 0 radical (unpaired) electrons. The van der Waals surface area contributed by atoms with Crippen LogP contribution in [0.15, 0.2) is 12.1 Å². The van der Waals surface area contributed by atoms with Crippen LogP contribution < -0.4 is 10.5 Å². The second kappa shape index (κ2) is 4.46. The summed E-state index contributed by atoms with van der Waals surface area (Å²) in [5.41, 5.74) is 7.76. The van der Waals surface area contributed by atoms with E-state index < -0.39 is 0 Å². The molecule has 3 nitrogen and oxygen atoms in total. The van der Waals surface area contributed by atoms with Gasteiger partial charge in [0.15, 0.2) is 5.78 Å². The number of nitrogen functional groups attached to an aromatic ring is 1. The topological polar surface area (TPSA) is 52.3 Å². The molecule has 0 atom stereocenters. The molecule has 0 amide bonds. The Bertz CT molecular complexity index is 363. The standard InChI is InChI=1S/C10H12BrNO2/c1-6-3-8(12)10(14-2)4-7(6)9(13)5-11/h3-4H,5,12H2,1-2H3. The number of nitrogens with two attached hydrogens (primary N) is 1. The van der Waals surface area contributed by atoms with E-state index in [1.54, 1.807) is 12.1 Å². The first-order valence-electron chi connectivity index (χ1n) is 4.13. The van der Waals surface area contributed by atoms with E-state index in [0.717, 1.165) is 5.56 Å². The summed E-state index contributed by atoms with van der Waals surface area (Å²) in [7, 11) is 1.53. The number of rotatable bonds is 3. The maximum Gasteiger partial charge on any atom is 0.173 e. The molecule has 0 bridgehead atoms. The molecular weight excluding hydrogens is 246 g/mol. The number of ether oxygens (including phenoxy) is 1. The predicted octanol–water partition coefficient (Wildman–Crippen LogP) is 2.16. The zero-order chi connectivity index (χ0) is 10.7. The summed E-state index contributed by atoms with van der Waals surface area (Å²) in [4.78, 5) is 11.5. The van der Waals surface area contributed by atoms with Gasteiger partial charge in [0.05, 0.1) is 18.1 Å². The fourth-order valence-electron chi connectivity index (χ4n) is 1.26. The van der Waals surface area contributed by atoms with Gasteiger partial charge in [0.1, 0.15) is 5.75 Å². The highest BCUT2D eigenvalue weighted by molar-refractivity contribution is 9.09. The third-order valence-corrected chi connectivity index (χ3v) is 2.51. The average molecular weight is 258 g/mol. The van der Waals surface area contributed by atoms with Crippen molar-refractivity contribution in [3.05, 3.63) is 23.3 Å². The highest BCUT2D eigenvalue weighted by Crippen LogP contribution is 2.25. The third kappa shape index (κ3) is 2.07. The van der Waals surface area contributed by atoms with E-state index in [1.165, 1.54) is 7.11 Å². The van der Waals surface area contributed by atoms with Crippen molar-refractivity contribution in [1.29, 1.82) is 0 Å². The molecule has 0 aromatic heterocycles. The van der Waals surface area contributed by atoms with E-state index in [-0.39, 0.29) is 5.78 Å². The number of ketones is 1. The number of hydrogen-bond donors (Lipinski definition) is 1. The van der Waals surface area contributed by atoms with Crippen LogP contribution >= 0.6 is 15.9 Å². The molecule has 14 heavy (non-hydrogen) atoms. The lowest BCUT2D eigenvalue weighted by molar-refractivity contribution is 0.102. The minimum absolute atomic E-state index is 0.0285. The van der Waals surface area contributed by atoms with Gasteiger partial charge in [-0.25, -0.2) is 0 Å². The molecule has 0 saturated carbocycles. The normalized spacial score (nSPS) is 9.93. The fourth-order valence-corrected chi connectivity index (χ4v) is 1.56. The van der Waals surface area contributed by atoms with Crippen molar-refractivity contribution >= 4 is 27.4 Å². The van der Waals surface area contributed by atoms with E-state index in [4.69, 9.17) is 10.5 Å². The first kappa shape index (κ1) is 11.0. The van der Waals surface area contributed by atoms with Crippen LogP contribution in [0.4, 0.5) is 5.69 Å². The second-order valence-electron chi connectivity index (χ2n) is 2.97. The molecule has 0 aliphatic heterocycles. The van der Waals surface area contributed by atoms with Crippen LogP contribution in [0.2, 0.25) is 0 Å². The van der Waals surface area contributed by atoms with Gasteiger partial charge in [-0.15, -0.1) is 0 Å². The summed E-state index contributed by atoms with van der Waals surface area (Å²) in [5.74, 6) is 0.570. The van der Waals surface area contributed by atoms with Crippen LogP contribution in [0.5, 0.6) is 5.75 Å². The number of carbonyl (C=O) groups is 1. The summed E-state index contributed by atoms with van der Waals surface area (Å²) in [5, 5.41) is 0.306. The zero-order valence-corrected chi connectivity index (χ0v) is 9.72. The van der Waals surface area contributed by atoms with Crippen molar-refractivity contribution in [3.63, 3.8) is 0 Å². The van der Waals surface area contributed by atoms with Crippen molar-refractivity contribution < 1.29 is 9.53 Å². The molecule has 0 heterocycles. The van der Waals surface area contributed by atoms with Crippen molar-refractivity contribution in [2.45, 2.75) is 6.92 Å². The number of alkyl halides is 1. The minimum Gasteiger partial charge on any atom is -0.495 e. The molecule has 0 spiro atoms. The molecule has 76 valence electrons. The Hall–Kier alpha value is -1.03. The van der Waals surface area contributed by atoms with Crippen LogP contribution in [-0.2, 0) is 0 Å². The SMILES string of the molecule is COc1cc(C(=O)CBr)c(C)cc1N. The molecule has 0 unspecified atom stereocenters. The van der Waals surface area contributed by atoms with Gasteiger partial charge in [-0.05, 0) is 24.6 Å². The maximum atomic E-state index is 11.5. The molecule has 1 aromatic carbocycles. The number of aryl methyl sites for hydroxylation is 1. The van der Waals surface area contributed by atoms with Crippen molar-refractivity contribution in [2.24, 2.45) is 0 Å². The predicted molar refractivity (Wildman–Crippen MR) is 60.3 cm³/mol. The van der Waals surface area contributed by atoms with Gasteiger partial charge in [-0.1, -0.05) is 15.9 Å². The van der Waals surface area contributed by atoms with Gasteiger partial charge in [0, 0.05) is 5.56 Å². The summed E-state index contributed by atoms with van der Waals surface area (Å²) in [6.07, 6.45) is 0. The molecule has 0 fully saturated rings. The Balaban J connectivity index is 3.24. The number of Topliss-reactive ketones (excluding diaryl/α,β-unsaturated/α-hetero) is 1. The van der Waals surface area contributed by atoms with Gasteiger partial charge in [-0.2, -0.15) is 0 Å². The van der Waals surface area contributed by atoms with E-state index in [2.05, 4.69) is 15.9 Å². The quantitative estimate of drug-likeness (QED) is 0.513. The van der Waals surface area contributed by atoms with E-state index in [1.807, 2.05) is 6.92 Å². The van der Waals surface area contributed by atoms with E-state index in [0.29, 0.717) is 22.3 Å². The Kier molecular flexibility index (Phi) is 3.52. The third-order valence-electron chi connectivity index (χ3n) is 2.00. The largest absolute Gasteiger partial charge is 0.495 e. The molecule has 0 aliphatic rings. The van der Waals surface area contributed by atoms with Gasteiger partial charge in [-0.3, -0.25) is 4.79 Å². The average Bonchev–Trinajstić information content (AvgIpc) is 2.17. The Morgan fingerprint density at radius 3 is 2.71 bits per heavy atom. The summed E-state index contributed by atoms with van der Waals surface area (Å²) in [6, 6.07) is 3.42. The second-order valence-corrected chi connectivity index (χ2v) is 3.53. The molecule has 1 aromatic rings. The highest BCUT2D eigenvalue weighted by atomic mass is 79.9. The number of halogens is 1. The minimum atomic E-state index is 0.0285. The smallest absolute Gasteiger partial charge is 0.173 e. The zero-order valence-electron chi connectivity index (χ0n) is 8.13. The van der Waals surface area contributed by atoms with Crippen LogP contribution in [0.25, 0.3) is 0 Å². The van der Waals surface area contributed by atoms with E-state index in [9.17, 15) is 4.79 Å². The molecule has 0 saturated heterocycles. The van der Waals surface area contributed by atoms with Crippen molar-refractivity contribution in [3.8, 4) is 5.75 Å². The van der Waals surface area contributed by atoms with Crippen LogP contribution in [0.3, 0.4) is 0 Å². The van der Waals surface area contributed by atoms with Gasteiger partial charge in [0.2, 0.25) is 0 Å². The van der Waals surface area contributed by atoms with Crippen molar-refractivity contribution in [1.82, 2.24) is 0 Å².